The van der Waals surface area contributed by atoms with Crippen molar-refractivity contribution in [3.63, 3.8) is 0 Å². The van der Waals surface area contributed by atoms with Crippen LogP contribution in [-0.4, -0.2) is 46.9 Å². The van der Waals surface area contributed by atoms with Crippen molar-refractivity contribution in [2.45, 2.75) is 58.1 Å². The molecule has 0 bridgehead atoms. The van der Waals surface area contributed by atoms with Crippen molar-refractivity contribution in [2.24, 2.45) is 5.41 Å². The minimum atomic E-state index is 0.213. The van der Waals surface area contributed by atoms with Crippen molar-refractivity contribution in [3.05, 3.63) is 18.0 Å². The third-order valence-electron chi connectivity index (χ3n) is 5.39. The number of aryl methyl sites for hydroxylation is 2. The van der Waals surface area contributed by atoms with E-state index in [1.54, 1.807) is 0 Å². The minimum absolute atomic E-state index is 0.213. The van der Waals surface area contributed by atoms with Gasteiger partial charge in [-0.15, -0.1) is 0 Å². The zero-order valence-electron chi connectivity index (χ0n) is 13.8. The SMILES string of the molecule is CO[C@@H]1CCC[C@]12CCCN(C(=O)CCn1cc(C)cn1)C2. The van der Waals surface area contributed by atoms with Gasteiger partial charge in [0.1, 0.15) is 0 Å². The quantitative estimate of drug-likeness (QED) is 0.858. The summed E-state index contributed by atoms with van der Waals surface area (Å²) in [6, 6.07) is 0. The Morgan fingerprint density at radius 1 is 1.45 bits per heavy atom. The molecule has 2 atom stereocenters. The van der Waals surface area contributed by atoms with Crippen LogP contribution in [0.15, 0.2) is 12.4 Å². The van der Waals surface area contributed by atoms with Crippen LogP contribution >= 0.6 is 0 Å². The van der Waals surface area contributed by atoms with Gasteiger partial charge in [0.25, 0.3) is 0 Å². The molecule has 1 aliphatic carbocycles. The maximum absolute atomic E-state index is 12.6. The number of carbonyl (C=O) groups is 1. The molecule has 1 amide bonds. The molecule has 0 unspecified atom stereocenters. The minimum Gasteiger partial charge on any atom is -0.381 e. The summed E-state index contributed by atoms with van der Waals surface area (Å²) >= 11 is 0. The van der Waals surface area contributed by atoms with Crippen molar-refractivity contribution in [1.82, 2.24) is 14.7 Å². The van der Waals surface area contributed by atoms with Gasteiger partial charge in [0.15, 0.2) is 0 Å². The molecule has 1 spiro atoms. The van der Waals surface area contributed by atoms with Crippen LogP contribution in [-0.2, 0) is 16.1 Å². The van der Waals surface area contributed by atoms with Crippen molar-refractivity contribution in [1.29, 1.82) is 0 Å². The van der Waals surface area contributed by atoms with Crippen LogP contribution in [0.1, 0.15) is 44.1 Å². The summed E-state index contributed by atoms with van der Waals surface area (Å²) in [5.41, 5.74) is 1.35. The lowest BCUT2D eigenvalue weighted by Crippen LogP contribution is -2.49. The lowest BCUT2D eigenvalue weighted by molar-refractivity contribution is -0.137. The fraction of sp³-hybridized carbons (Fsp3) is 0.765. The van der Waals surface area contributed by atoms with E-state index in [9.17, 15) is 4.79 Å². The summed E-state index contributed by atoms with van der Waals surface area (Å²) in [6.45, 7) is 4.46. The predicted octanol–water partition coefficient (Wildman–Crippen LogP) is 2.39. The van der Waals surface area contributed by atoms with E-state index < -0.39 is 0 Å². The summed E-state index contributed by atoms with van der Waals surface area (Å²) in [7, 11) is 1.82. The van der Waals surface area contributed by atoms with Gasteiger partial charge in [-0.3, -0.25) is 9.48 Å². The fourth-order valence-corrected chi connectivity index (χ4v) is 4.27. The lowest BCUT2D eigenvalue weighted by Gasteiger charge is -2.43. The molecule has 1 aliphatic heterocycles. The van der Waals surface area contributed by atoms with Gasteiger partial charge in [0, 0.05) is 44.8 Å². The Hall–Kier alpha value is -1.36. The second-order valence-corrected chi connectivity index (χ2v) is 6.93. The molecule has 1 saturated carbocycles. The van der Waals surface area contributed by atoms with Crippen molar-refractivity contribution >= 4 is 5.91 Å². The smallest absolute Gasteiger partial charge is 0.224 e. The Labute approximate surface area is 132 Å². The summed E-state index contributed by atoms with van der Waals surface area (Å²) < 4.78 is 7.57. The molecule has 2 fully saturated rings. The van der Waals surface area contributed by atoms with E-state index in [4.69, 9.17) is 4.74 Å². The maximum Gasteiger partial charge on any atom is 0.224 e. The van der Waals surface area contributed by atoms with Gasteiger partial charge in [-0.25, -0.2) is 0 Å². The van der Waals surface area contributed by atoms with Crippen molar-refractivity contribution < 1.29 is 9.53 Å². The zero-order chi connectivity index (χ0) is 15.6. The molecule has 0 aromatic carbocycles. The summed E-state index contributed by atoms with van der Waals surface area (Å²) in [4.78, 5) is 14.6. The van der Waals surface area contributed by atoms with Gasteiger partial charge in [-0.2, -0.15) is 5.10 Å². The number of rotatable bonds is 4. The van der Waals surface area contributed by atoms with Crippen LogP contribution in [0.25, 0.3) is 0 Å². The van der Waals surface area contributed by atoms with Crippen LogP contribution < -0.4 is 0 Å². The first-order valence-electron chi connectivity index (χ1n) is 8.43. The first kappa shape index (κ1) is 15.5. The summed E-state index contributed by atoms with van der Waals surface area (Å²) in [6.07, 6.45) is 10.6. The highest BCUT2D eigenvalue weighted by Crippen LogP contribution is 2.46. The average molecular weight is 305 g/mol. The van der Waals surface area contributed by atoms with Gasteiger partial charge in [-0.1, -0.05) is 6.42 Å². The van der Waals surface area contributed by atoms with Gasteiger partial charge in [-0.05, 0) is 38.2 Å². The van der Waals surface area contributed by atoms with E-state index in [1.807, 2.05) is 31.1 Å². The number of aromatic nitrogens is 2. The number of carbonyl (C=O) groups excluding carboxylic acids is 1. The van der Waals surface area contributed by atoms with Crippen LogP contribution in [0, 0.1) is 12.3 Å². The van der Waals surface area contributed by atoms with Crippen LogP contribution in [0.2, 0.25) is 0 Å². The molecule has 5 nitrogen and oxygen atoms in total. The molecule has 1 aromatic rings. The van der Waals surface area contributed by atoms with Gasteiger partial charge >= 0.3 is 0 Å². The first-order valence-corrected chi connectivity index (χ1v) is 8.43. The standard InChI is InChI=1S/C17H27N3O2/c1-14-11-18-20(12-14)10-6-16(21)19-9-4-8-17(13-19)7-3-5-15(17)22-2/h11-12,15H,3-10,13H2,1-2H3/t15-,17-/m1/s1. The Kier molecular flexibility index (Phi) is 4.52. The number of amides is 1. The summed E-state index contributed by atoms with van der Waals surface area (Å²) in [5.74, 6) is 0.258. The van der Waals surface area contributed by atoms with E-state index >= 15 is 0 Å². The number of methoxy groups -OCH3 is 1. The maximum atomic E-state index is 12.6. The monoisotopic (exact) mass is 305 g/mol. The second kappa shape index (κ2) is 6.41. The number of piperidine rings is 1. The molecular formula is C17H27N3O2. The Balaban J connectivity index is 1.58. The highest BCUT2D eigenvalue weighted by molar-refractivity contribution is 5.76. The number of likely N-dealkylation sites (tertiary alicyclic amines) is 1. The van der Waals surface area contributed by atoms with Gasteiger partial charge in [0.05, 0.1) is 12.3 Å². The van der Waals surface area contributed by atoms with E-state index in [-0.39, 0.29) is 11.3 Å². The summed E-state index contributed by atoms with van der Waals surface area (Å²) in [5, 5.41) is 4.26. The van der Waals surface area contributed by atoms with Crippen molar-refractivity contribution in [3.8, 4) is 0 Å². The lowest BCUT2D eigenvalue weighted by atomic mass is 9.76. The third kappa shape index (κ3) is 3.05. The highest BCUT2D eigenvalue weighted by atomic mass is 16.5. The van der Waals surface area contributed by atoms with E-state index in [2.05, 4.69) is 10.00 Å². The van der Waals surface area contributed by atoms with Gasteiger partial charge < -0.3 is 9.64 Å². The highest BCUT2D eigenvalue weighted by Gasteiger charge is 2.46. The third-order valence-corrected chi connectivity index (χ3v) is 5.39. The van der Waals surface area contributed by atoms with Crippen molar-refractivity contribution in [2.75, 3.05) is 20.2 Å². The van der Waals surface area contributed by atoms with Gasteiger partial charge in [0.2, 0.25) is 5.91 Å². The Bertz CT molecular complexity index is 528. The molecule has 122 valence electrons. The normalized spacial score (nSPS) is 28.5. The molecular weight excluding hydrogens is 278 g/mol. The second-order valence-electron chi connectivity index (χ2n) is 6.93. The topological polar surface area (TPSA) is 47.4 Å². The zero-order valence-corrected chi connectivity index (χ0v) is 13.8. The molecule has 2 heterocycles. The molecule has 1 saturated heterocycles. The Morgan fingerprint density at radius 3 is 3.00 bits per heavy atom. The van der Waals surface area contributed by atoms with Crippen LogP contribution in [0.4, 0.5) is 0 Å². The fourth-order valence-electron chi connectivity index (χ4n) is 4.27. The van der Waals surface area contributed by atoms with Crippen LogP contribution in [0.5, 0.6) is 0 Å². The number of ether oxygens (including phenoxy) is 1. The molecule has 5 heteroatoms. The van der Waals surface area contributed by atoms with E-state index in [1.165, 1.54) is 19.3 Å². The predicted molar refractivity (Wildman–Crippen MR) is 84.5 cm³/mol. The largest absolute Gasteiger partial charge is 0.381 e. The van der Waals surface area contributed by atoms with Crippen LogP contribution in [0.3, 0.4) is 0 Å². The molecule has 3 rings (SSSR count). The van der Waals surface area contributed by atoms with E-state index in [0.29, 0.717) is 19.1 Å². The number of hydrogen-bond acceptors (Lipinski definition) is 3. The molecule has 1 aromatic heterocycles. The molecule has 0 radical (unpaired) electrons. The number of hydrogen-bond donors (Lipinski definition) is 0. The average Bonchev–Trinajstić information content (AvgIpc) is 3.11. The number of nitrogens with zero attached hydrogens (tertiary/aromatic N) is 3. The Morgan fingerprint density at radius 2 is 2.27 bits per heavy atom. The first-order chi connectivity index (χ1) is 10.6. The molecule has 22 heavy (non-hydrogen) atoms. The van der Waals surface area contributed by atoms with E-state index in [0.717, 1.165) is 31.5 Å². The molecule has 2 aliphatic rings. The molecule has 0 N–H and O–H groups in total.